The second kappa shape index (κ2) is 5.25. The summed E-state index contributed by atoms with van der Waals surface area (Å²) in [4.78, 5) is 5.18. The van der Waals surface area contributed by atoms with Gasteiger partial charge in [-0.2, -0.15) is 0 Å². The molecule has 2 rings (SSSR count). The third-order valence-electron chi connectivity index (χ3n) is 5.19. The normalized spacial score (nSPS) is 38.5. The molecule has 0 bridgehead atoms. The molecule has 0 aromatic heterocycles. The fourth-order valence-corrected chi connectivity index (χ4v) is 3.50. The summed E-state index contributed by atoms with van der Waals surface area (Å²) >= 11 is 0. The number of hydrogen-bond donors (Lipinski definition) is 1. The van der Waals surface area contributed by atoms with E-state index in [1.807, 2.05) is 0 Å². The smallest absolute Gasteiger partial charge is 0.0358 e. The van der Waals surface area contributed by atoms with Gasteiger partial charge in [0.25, 0.3) is 0 Å². The van der Waals surface area contributed by atoms with Crippen molar-refractivity contribution >= 4 is 0 Å². The van der Waals surface area contributed by atoms with Gasteiger partial charge >= 0.3 is 0 Å². The molecule has 2 aliphatic rings. The standard InChI is InChI=1S/C14H29N3/c1-12-4-7-17(8-5-12)14(11-15)6-9-16(3)13(2)10-14/h12-13H,4-11,15H2,1-3H3. The van der Waals surface area contributed by atoms with Crippen LogP contribution in [-0.2, 0) is 0 Å². The molecule has 2 heterocycles. The maximum absolute atomic E-state index is 6.15. The van der Waals surface area contributed by atoms with E-state index >= 15 is 0 Å². The third kappa shape index (κ3) is 2.67. The quantitative estimate of drug-likeness (QED) is 0.793. The fourth-order valence-electron chi connectivity index (χ4n) is 3.50. The summed E-state index contributed by atoms with van der Waals surface area (Å²) in [7, 11) is 2.24. The van der Waals surface area contributed by atoms with Crippen molar-refractivity contribution in [1.82, 2.24) is 9.80 Å². The molecule has 2 saturated heterocycles. The van der Waals surface area contributed by atoms with Crippen molar-refractivity contribution in [2.45, 2.75) is 51.1 Å². The highest BCUT2D eigenvalue weighted by Gasteiger charge is 2.41. The molecule has 0 spiro atoms. The van der Waals surface area contributed by atoms with Crippen LogP contribution in [0.15, 0.2) is 0 Å². The van der Waals surface area contributed by atoms with Crippen molar-refractivity contribution < 1.29 is 0 Å². The molecule has 3 nitrogen and oxygen atoms in total. The van der Waals surface area contributed by atoms with Gasteiger partial charge in [0.15, 0.2) is 0 Å². The lowest BCUT2D eigenvalue weighted by atomic mass is 9.80. The average molecular weight is 239 g/mol. The maximum atomic E-state index is 6.15. The van der Waals surface area contributed by atoms with Crippen LogP contribution in [0.5, 0.6) is 0 Å². The number of piperidine rings is 2. The molecule has 0 amide bonds. The van der Waals surface area contributed by atoms with E-state index < -0.39 is 0 Å². The minimum atomic E-state index is 0.298. The zero-order chi connectivity index (χ0) is 12.5. The van der Waals surface area contributed by atoms with Gasteiger partial charge < -0.3 is 10.6 Å². The van der Waals surface area contributed by atoms with E-state index in [0.29, 0.717) is 11.6 Å². The molecule has 2 aliphatic heterocycles. The molecule has 2 unspecified atom stereocenters. The Morgan fingerprint density at radius 3 is 2.35 bits per heavy atom. The average Bonchev–Trinajstić information content (AvgIpc) is 2.34. The first-order valence-corrected chi connectivity index (χ1v) is 7.23. The topological polar surface area (TPSA) is 32.5 Å². The van der Waals surface area contributed by atoms with Crippen LogP contribution in [-0.4, -0.2) is 54.6 Å². The highest BCUT2D eigenvalue weighted by atomic mass is 15.3. The van der Waals surface area contributed by atoms with E-state index in [2.05, 4.69) is 30.7 Å². The lowest BCUT2D eigenvalue weighted by Gasteiger charge is -2.52. The van der Waals surface area contributed by atoms with Gasteiger partial charge in [-0.1, -0.05) is 6.92 Å². The van der Waals surface area contributed by atoms with E-state index in [-0.39, 0.29) is 0 Å². The second-order valence-corrected chi connectivity index (χ2v) is 6.38. The van der Waals surface area contributed by atoms with Gasteiger partial charge in [-0.05, 0) is 65.2 Å². The Labute approximate surface area is 106 Å². The zero-order valence-electron chi connectivity index (χ0n) is 11.8. The molecule has 2 fully saturated rings. The molecule has 0 aliphatic carbocycles. The largest absolute Gasteiger partial charge is 0.329 e. The lowest BCUT2D eigenvalue weighted by Crippen LogP contribution is -2.62. The van der Waals surface area contributed by atoms with Crippen LogP contribution in [0.25, 0.3) is 0 Å². The minimum absolute atomic E-state index is 0.298. The third-order valence-corrected chi connectivity index (χ3v) is 5.19. The summed E-state index contributed by atoms with van der Waals surface area (Å²) in [5.74, 6) is 0.907. The van der Waals surface area contributed by atoms with Crippen LogP contribution in [0.1, 0.15) is 39.5 Å². The van der Waals surface area contributed by atoms with E-state index in [1.165, 1.54) is 45.3 Å². The van der Waals surface area contributed by atoms with Gasteiger partial charge in [0.1, 0.15) is 0 Å². The summed E-state index contributed by atoms with van der Waals surface area (Å²) in [6, 6.07) is 0.673. The summed E-state index contributed by atoms with van der Waals surface area (Å²) in [6.45, 7) is 9.27. The molecule has 0 aromatic rings. The van der Waals surface area contributed by atoms with Crippen molar-refractivity contribution in [2.24, 2.45) is 11.7 Å². The molecular formula is C14H29N3. The summed E-state index contributed by atoms with van der Waals surface area (Å²) in [6.07, 6.45) is 5.20. The Kier molecular flexibility index (Phi) is 4.11. The monoisotopic (exact) mass is 239 g/mol. The van der Waals surface area contributed by atoms with Gasteiger partial charge in [-0.3, -0.25) is 4.90 Å². The molecular weight excluding hydrogens is 210 g/mol. The Morgan fingerprint density at radius 2 is 1.82 bits per heavy atom. The number of rotatable bonds is 2. The van der Waals surface area contributed by atoms with E-state index in [1.54, 1.807) is 0 Å². The second-order valence-electron chi connectivity index (χ2n) is 6.38. The van der Waals surface area contributed by atoms with Crippen LogP contribution < -0.4 is 5.73 Å². The van der Waals surface area contributed by atoms with E-state index in [0.717, 1.165) is 12.5 Å². The van der Waals surface area contributed by atoms with Gasteiger partial charge in [-0.15, -0.1) is 0 Å². The van der Waals surface area contributed by atoms with E-state index in [4.69, 9.17) is 5.73 Å². The summed E-state index contributed by atoms with van der Waals surface area (Å²) in [5.41, 5.74) is 6.45. The molecule has 2 N–H and O–H groups in total. The van der Waals surface area contributed by atoms with Crippen molar-refractivity contribution in [2.75, 3.05) is 33.2 Å². The highest BCUT2D eigenvalue weighted by molar-refractivity contribution is 4.99. The first-order chi connectivity index (χ1) is 8.07. The number of nitrogens with two attached hydrogens (primary N) is 1. The van der Waals surface area contributed by atoms with Crippen molar-refractivity contribution in [3.05, 3.63) is 0 Å². The van der Waals surface area contributed by atoms with Gasteiger partial charge in [-0.25, -0.2) is 0 Å². The van der Waals surface area contributed by atoms with Crippen molar-refractivity contribution in [3.8, 4) is 0 Å². The Bertz CT molecular complexity index is 248. The van der Waals surface area contributed by atoms with Gasteiger partial charge in [0.2, 0.25) is 0 Å². The first kappa shape index (κ1) is 13.3. The lowest BCUT2D eigenvalue weighted by molar-refractivity contribution is -0.00761. The maximum Gasteiger partial charge on any atom is 0.0358 e. The van der Waals surface area contributed by atoms with Crippen LogP contribution in [0.2, 0.25) is 0 Å². The first-order valence-electron chi connectivity index (χ1n) is 7.23. The molecule has 0 saturated carbocycles. The zero-order valence-corrected chi connectivity index (χ0v) is 11.8. The Balaban J connectivity index is 2.04. The summed E-state index contributed by atoms with van der Waals surface area (Å²) in [5, 5.41) is 0. The molecule has 17 heavy (non-hydrogen) atoms. The van der Waals surface area contributed by atoms with Crippen LogP contribution in [0.3, 0.4) is 0 Å². The molecule has 100 valence electrons. The predicted molar refractivity (Wildman–Crippen MR) is 73.1 cm³/mol. The molecule has 3 heteroatoms. The predicted octanol–water partition coefficient (Wildman–Crippen LogP) is 1.53. The molecule has 2 atom stereocenters. The van der Waals surface area contributed by atoms with E-state index in [9.17, 15) is 0 Å². The summed E-state index contributed by atoms with van der Waals surface area (Å²) < 4.78 is 0. The SMILES string of the molecule is CC1CCN(C2(CN)CCN(C)C(C)C2)CC1. The van der Waals surface area contributed by atoms with Crippen molar-refractivity contribution in [1.29, 1.82) is 0 Å². The highest BCUT2D eigenvalue weighted by Crippen LogP contribution is 2.34. The van der Waals surface area contributed by atoms with Gasteiger partial charge in [0.05, 0.1) is 0 Å². The number of hydrogen-bond acceptors (Lipinski definition) is 3. The fraction of sp³-hybridized carbons (Fsp3) is 1.00. The van der Waals surface area contributed by atoms with Crippen LogP contribution in [0.4, 0.5) is 0 Å². The van der Waals surface area contributed by atoms with Crippen LogP contribution in [0, 0.1) is 5.92 Å². The molecule has 0 aromatic carbocycles. The van der Waals surface area contributed by atoms with Crippen molar-refractivity contribution in [3.63, 3.8) is 0 Å². The van der Waals surface area contributed by atoms with Gasteiger partial charge in [0, 0.05) is 18.1 Å². The molecule has 0 radical (unpaired) electrons. The Hall–Kier alpha value is -0.120. The number of nitrogens with zero attached hydrogens (tertiary/aromatic N) is 2. The minimum Gasteiger partial charge on any atom is -0.329 e. The Morgan fingerprint density at radius 1 is 1.18 bits per heavy atom. The van der Waals surface area contributed by atoms with Crippen LogP contribution >= 0.6 is 0 Å². The number of likely N-dealkylation sites (tertiary alicyclic amines) is 2.